The number of amides is 1. The third-order valence-electron chi connectivity index (χ3n) is 4.01. The van der Waals surface area contributed by atoms with Gasteiger partial charge in [0.2, 0.25) is 0 Å². The standard InChI is InChI=1S/C20H27FN4O/c1-4-12-25(13-5-2)19-14-18(23-15(3)24-19)20(26)22-11-10-16-8-6-7-9-17(16)21/h6-9,14H,4-5,10-13H2,1-3H3,(H,22,26). The fraction of sp³-hybridized carbons (Fsp3) is 0.450. The number of aryl methyl sites for hydroxylation is 1. The summed E-state index contributed by atoms with van der Waals surface area (Å²) < 4.78 is 13.6. The molecule has 6 heteroatoms. The zero-order chi connectivity index (χ0) is 18.9. The number of nitrogens with one attached hydrogen (secondary N) is 1. The van der Waals surface area contributed by atoms with E-state index in [4.69, 9.17) is 0 Å². The number of anilines is 1. The smallest absolute Gasteiger partial charge is 0.270 e. The van der Waals surface area contributed by atoms with Crippen molar-refractivity contribution in [3.05, 3.63) is 53.2 Å². The molecule has 0 aliphatic carbocycles. The number of nitrogens with zero attached hydrogens (tertiary/aromatic N) is 3. The molecular weight excluding hydrogens is 331 g/mol. The summed E-state index contributed by atoms with van der Waals surface area (Å²) in [6, 6.07) is 8.32. The summed E-state index contributed by atoms with van der Waals surface area (Å²) in [6.07, 6.45) is 2.45. The molecule has 0 radical (unpaired) electrons. The Morgan fingerprint density at radius 1 is 1.15 bits per heavy atom. The van der Waals surface area contributed by atoms with E-state index in [-0.39, 0.29) is 11.7 Å². The monoisotopic (exact) mass is 358 g/mol. The second-order valence-electron chi connectivity index (χ2n) is 6.24. The van der Waals surface area contributed by atoms with Gasteiger partial charge in [-0.25, -0.2) is 14.4 Å². The average Bonchev–Trinajstić information content (AvgIpc) is 2.62. The van der Waals surface area contributed by atoms with Crippen LogP contribution in [0.15, 0.2) is 30.3 Å². The molecule has 1 heterocycles. The van der Waals surface area contributed by atoms with Crippen molar-refractivity contribution in [3.63, 3.8) is 0 Å². The van der Waals surface area contributed by atoms with Gasteiger partial charge in [-0.1, -0.05) is 32.0 Å². The summed E-state index contributed by atoms with van der Waals surface area (Å²) in [5, 5.41) is 2.82. The molecule has 140 valence electrons. The molecule has 1 amide bonds. The van der Waals surface area contributed by atoms with Gasteiger partial charge >= 0.3 is 0 Å². The molecule has 0 aliphatic rings. The minimum atomic E-state index is -0.263. The molecule has 0 saturated carbocycles. The van der Waals surface area contributed by atoms with Crippen molar-refractivity contribution in [1.29, 1.82) is 0 Å². The van der Waals surface area contributed by atoms with E-state index >= 15 is 0 Å². The van der Waals surface area contributed by atoms with Crippen LogP contribution in [0.5, 0.6) is 0 Å². The molecule has 1 N–H and O–H groups in total. The van der Waals surface area contributed by atoms with Gasteiger partial charge in [-0.05, 0) is 37.8 Å². The zero-order valence-corrected chi connectivity index (χ0v) is 15.8. The molecule has 5 nitrogen and oxygen atoms in total. The predicted octanol–water partition coefficient (Wildman–Crippen LogP) is 3.52. The zero-order valence-electron chi connectivity index (χ0n) is 15.8. The molecule has 0 saturated heterocycles. The molecule has 26 heavy (non-hydrogen) atoms. The van der Waals surface area contributed by atoms with Crippen molar-refractivity contribution in [2.75, 3.05) is 24.5 Å². The van der Waals surface area contributed by atoms with Crippen LogP contribution in [0.2, 0.25) is 0 Å². The minimum absolute atomic E-state index is 0.253. The molecule has 2 aromatic rings. The van der Waals surface area contributed by atoms with Crippen LogP contribution in [0, 0.1) is 12.7 Å². The molecule has 0 unspecified atom stereocenters. The van der Waals surface area contributed by atoms with Gasteiger partial charge in [-0.2, -0.15) is 0 Å². The number of rotatable bonds is 9. The average molecular weight is 358 g/mol. The highest BCUT2D eigenvalue weighted by molar-refractivity contribution is 5.92. The minimum Gasteiger partial charge on any atom is -0.357 e. The van der Waals surface area contributed by atoms with Gasteiger partial charge < -0.3 is 10.2 Å². The molecule has 0 bridgehead atoms. The quantitative estimate of drug-likeness (QED) is 0.745. The summed E-state index contributed by atoms with van der Waals surface area (Å²) in [7, 11) is 0. The number of hydrogen-bond acceptors (Lipinski definition) is 4. The Hall–Kier alpha value is -2.50. The van der Waals surface area contributed by atoms with Crippen LogP contribution in [0.1, 0.15) is 48.6 Å². The first-order chi connectivity index (χ1) is 12.5. The number of benzene rings is 1. The largest absolute Gasteiger partial charge is 0.357 e. The third-order valence-corrected chi connectivity index (χ3v) is 4.01. The van der Waals surface area contributed by atoms with E-state index in [9.17, 15) is 9.18 Å². The first-order valence-corrected chi connectivity index (χ1v) is 9.17. The van der Waals surface area contributed by atoms with E-state index in [0.29, 0.717) is 30.0 Å². The highest BCUT2D eigenvalue weighted by Crippen LogP contribution is 2.14. The van der Waals surface area contributed by atoms with Crippen molar-refractivity contribution in [2.45, 2.75) is 40.0 Å². The predicted molar refractivity (Wildman–Crippen MR) is 102 cm³/mol. The van der Waals surface area contributed by atoms with Gasteiger partial charge in [0.1, 0.15) is 23.2 Å². The Kier molecular flexibility index (Phi) is 7.51. The Labute approximate surface area is 154 Å². The van der Waals surface area contributed by atoms with Gasteiger partial charge in [0, 0.05) is 25.7 Å². The summed E-state index contributed by atoms with van der Waals surface area (Å²) in [6.45, 7) is 8.15. The molecule has 0 spiro atoms. The fourth-order valence-corrected chi connectivity index (χ4v) is 2.81. The molecular formula is C20H27FN4O. The number of carbonyl (C=O) groups excluding carboxylic acids is 1. The van der Waals surface area contributed by atoms with Crippen LogP contribution < -0.4 is 10.2 Å². The van der Waals surface area contributed by atoms with E-state index in [1.165, 1.54) is 6.07 Å². The number of halogens is 1. The van der Waals surface area contributed by atoms with Crippen molar-refractivity contribution < 1.29 is 9.18 Å². The van der Waals surface area contributed by atoms with Crippen molar-refractivity contribution in [3.8, 4) is 0 Å². The maximum atomic E-state index is 13.6. The van der Waals surface area contributed by atoms with Crippen LogP contribution in [-0.2, 0) is 6.42 Å². The SMILES string of the molecule is CCCN(CCC)c1cc(C(=O)NCCc2ccccc2F)nc(C)n1. The van der Waals surface area contributed by atoms with Crippen molar-refractivity contribution >= 4 is 11.7 Å². The molecule has 0 atom stereocenters. The van der Waals surface area contributed by atoms with Gasteiger partial charge in [0.05, 0.1) is 0 Å². The van der Waals surface area contributed by atoms with Gasteiger partial charge in [0.25, 0.3) is 5.91 Å². The van der Waals surface area contributed by atoms with E-state index in [2.05, 4.69) is 34.0 Å². The highest BCUT2D eigenvalue weighted by Gasteiger charge is 2.14. The second kappa shape index (κ2) is 9.85. The maximum absolute atomic E-state index is 13.6. The highest BCUT2D eigenvalue weighted by atomic mass is 19.1. The van der Waals surface area contributed by atoms with E-state index in [1.54, 1.807) is 31.2 Å². The summed E-state index contributed by atoms with van der Waals surface area (Å²) in [5.74, 6) is 0.831. The summed E-state index contributed by atoms with van der Waals surface area (Å²) in [5.41, 5.74) is 0.933. The Bertz CT molecular complexity index is 730. The lowest BCUT2D eigenvalue weighted by molar-refractivity contribution is 0.0948. The second-order valence-corrected chi connectivity index (χ2v) is 6.24. The van der Waals surface area contributed by atoms with Crippen molar-refractivity contribution in [1.82, 2.24) is 15.3 Å². The Balaban J connectivity index is 2.05. The van der Waals surface area contributed by atoms with Crippen LogP contribution >= 0.6 is 0 Å². The molecule has 1 aromatic heterocycles. The number of hydrogen-bond donors (Lipinski definition) is 1. The lowest BCUT2D eigenvalue weighted by Crippen LogP contribution is -2.29. The molecule has 0 aliphatic heterocycles. The van der Waals surface area contributed by atoms with E-state index < -0.39 is 0 Å². The Morgan fingerprint density at radius 2 is 1.85 bits per heavy atom. The lowest BCUT2D eigenvalue weighted by atomic mass is 10.1. The summed E-state index contributed by atoms with van der Waals surface area (Å²) >= 11 is 0. The van der Waals surface area contributed by atoms with Gasteiger partial charge in [-0.15, -0.1) is 0 Å². The lowest BCUT2D eigenvalue weighted by Gasteiger charge is -2.23. The first kappa shape index (κ1) is 19.8. The van der Waals surface area contributed by atoms with Gasteiger partial charge in [-0.3, -0.25) is 4.79 Å². The van der Waals surface area contributed by atoms with Crippen LogP contribution in [-0.4, -0.2) is 35.5 Å². The molecule has 1 aromatic carbocycles. The van der Waals surface area contributed by atoms with Crippen LogP contribution in [0.3, 0.4) is 0 Å². The van der Waals surface area contributed by atoms with Crippen LogP contribution in [0.4, 0.5) is 10.2 Å². The first-order valence-electron chi connectivity index (χ1n) is 9.17. The normalized spacial score (nSPS) is 10.6. The van der Waals surface area contributed by atoms with E-state index in [0.717, 1.165) is 31.7 Å². The maximum Gasteiger partial charge on any atom is 0.270 e. The topological polar surface area (TPSA) is 58.1 Å². The third kappa shape index (κ3) is 5.51. The Morgan fingerprint density at radius 3 is 2.50 bits per heavy atom. The number of carbonyl (C=O) groups is 1. The van der Waals surface area contributed by atoms with E-state index in [1.807, 2.05) is 0 Å². The van der Waals surface area contributed by atoms with Crippen molar-refractivity contribution in [2.24, 2.45) is 0 Å². The summed E-state index contributed by atoms with van der Waals surface area (Å²) in [4.78, 5) is 23.4. The van der Waals surface area contributed by atoms with Crippen LogP contribution in [0.25, 0.3) is 0 Å². The van der Waals surface area contributed by atoms with Gasteiger partial charge in [0.15, 0.2) is 0 Å². The fourth-order valence-electron chi connectivity index (χ4n) is 2.81. The number of aromatic nitrogens is 2. The molecule has 2 rings (SSSR count). The molecule has 0 fully saturated rings.